The van der Waals surface area contributed by atoms with Crippen molar-refractivity contribution in [3.05, 3.63) is 71.2 Å². The molecule has 102 valence electrons. The number of rotatable bonds is 3. The number of fused-ring (bicyclic) bond motifs is 1. The lowest BCUT2D eigenvalue weighted by Gasteiger charge is -2.07. The van der Waals surface area contributed by atoms with Crippen molar-refractivity contribution < 1.29 is 13.9 Å². The van der Waals surface area contributed by atoms with Gasteiger partial charge >= 0.3 is 0 Å². The summed E-state index contributed by atoms with van der Waals surface area (Å²) in [4.78, 5) is 0. The summed E-state index contributed by atoms with van der Waals surface area (Å²) in [7, 11) is 0. The van der Waals surface area contributed by atoms with Gasteiger partial charge in [0.2, 0.25) is 0 Å². The molecule has 0 radical (unpaired) electrons. The lowest BCUT2D eigenvalue weighted by Crippen LogP contribution is -2.00. The highest BCUT2D eigenvalue weighted by Gasteiger charge is 2.15. The number of hydrogen-bond donors (Lipinski definition) is 1. The molecule has 0 saturated carbocycles. The fourth-order valence-electron chi connectivity index (χ4n) is 2.34. The van der Waals surface area contributed by atoms with Crippen molar-refractivity contribution in [3.8, 4) is 0 Å². The van der Waals surface area contributed by atoms with E-state index in [1.807, 2.05) is 31.2 Å². The smallest absolute Gasteiger partial charge is 0.137 e. The standard InChI is InChI=1S/C17H15FO2/c1-11-3-2-4-13-10-16(20-17(11)13)15(19)9-12-5-7-14(18)8-6-12/h2-8,10,15,19H,9H2,1H3. The minimum Gasteiger partial charge on any atom is -0.458 e. The summed E-state index contributed by atoms with van der Waals surface area (Å²) in [6.07, 6.45) is -0.327. The van der Waals surface area contributed by atoms with Crippen LogP contribution in [0.1, 0.15) is 23.0 Å². The molecule has 0 aliphatic heterocycles. The normalized spacial score (nSPS) is 12.8. The van der Waals surface area contributed by atoms with Crippen molar-refractivity contribution in [2.24, 2.45) is 0 Å². The first-order valence-corrected chi connectivity index (χ1v) is 6.55. The fourth-order valence-corrected chi connectivity index (χ4v) is 2.34. The Bertz CT molecular complexity index is 728. The Balaban J connectivity index is 1.86. The number of hydrogen-bond acceptors (Lipinski definition) is 2. The zero-order valence-electron chi connectivity index (χ0n) is 11.1. The molecule has 3 aromatic rings. The minimum absolute atomic E-state index is 0.275. The van der Waals surface area contributed by atoms with Gasteiger partial charge in [0.05, 0.1) is 0 Å². The van der Waals surface area contributed by atoms with Crippen LogP contribution in [0.15, 0.2) is 52.9 Å². The molecule has 0 aliphatic carbocycles. The predicted octanol–water partition coefficient (Wildman–Crippen LogP) is 4.16. The van der Waals surface area contributed by atoms with Crippen LogP contribution in [0.25, 0.3) is 11.0 Å². The average Bonchev–Trinajstić information content (AvgIpc) is 2.87. The zero-order valence-corrected chi connectivity index (χ0v) is 11.1. The second-order valence-electron chi connectivity index (χ2n) is 4.99. The average molecular weight is 270 g/mol. The lowest BCUT2D eigenvalue weighted by atomic mass is 10.1. The van der Waals surface area contributed by atoms with Crippen LogP contribution in [-0.2, 0) is 6.42 Å². The van der Waals surface area contributed by atoms with Crippen molar-refractivity contribution in [1.29, 1.82) is 0 Å². The molecule has 2 aromatic carbocycles. The van der Waals surface area contributed by atoms with Gasteiger partial charge in [-0.25, -0.2) is 4.39 Å². The van der Waals surface area contributed by atoms with E-state index in [9.17, 15) is 9.50 Å². The number of halogens is 1. The Morgan fingerprint density at radius 3 is 2.60 bits per heavy atom. The fraction of sp³-hybridized carbons (Fsp3) is 0.176. The molecule has 3 heteroatoms. The third-order valence-corrected chi connectivity index (χ3v) is 3.43. The summed E-state index contributed by atoms with van der Waals surface area (Å²) in [6.45, 7) is 1.97. The molecule has 20 heavy (non-hydrogen) atoms. The molecule has 1 heterocycles. The number of aliphatic hydroxyl groups is 1. The van der Waals surface area contributed by atoms with Gasteiger partial charge in [-0.15, -0.1) is 0 Å². The number of benzene rings is 2. The molecule has 1 N–H and O–H groups in total. The SMILES string of the molecule is Cc1cccc2cc(C(O)Cc3ccc(F)cc3)oc12. The van der Waals surface area contributed by atoms with E-state index >= 15 is 0 Å². The van der Waals surface area contributed by atoms with Crippen LogP contribution in [0.5, 0.6) is 0 Å². The molecule has 0 bridgehead atoms. The van der Waals surface area contributed by atoms with E-state index in [4.69, 9.17) is 4.42 Å². The summed E-state index contributed by atoms with van der Waals surface area (Å²) in [5.74, 6) is 0.265. The van der Waals surface area contributed by atoms with Crippen LogP contribution in [0.3, 0.4) is 0 Å². The highest BCUT2D eigenvalue weighted by molar-refractivity contribution is 5.80. The monoisotopic (exact) mass is 270 g/mol. The predicted molar refractivity (Wildman–Crippen MR) is 76.0 cm³/mol. The molecule has 2 nitrogen and oxygen atoms in total. The second kappa shape index (κ2) is 5.10. The van der Waals surface area contributed by atoms with E-state index in [1.54, 1.807) is 12.1 Å². The minimum atomic E-state index is -0.729. The summed E-state index contributed by atoms with van der Waals surface area (Å²) >= 11 is 0. The maximum Gasteiger partial charge on any atom is 0.137 e. The molecular weight excluding hydrogens is 255 g/mol. The van der Waals surface area contributed by atoms with Crippen LogP contribution in [0.4, 0.5) is 4.39 Å². The topological polar surface area (TPSA) is 33.4 Å². The van der Waals surface area contributed by atoms with Crippen LogP contribution in [-0.4, -0.2) is 5.11 Å². The van der Waals surface area contributed by atoms with E-state index in [0.717, 1.165) is 22.1 Å². The Labute approximate surface area is 116 Å². The Kier molecular flexibility index (Phi) is 3.28. The molecule has 0 amide bonds. The van der Waals surface area contributed by atoms with Gasteiger partial charge in [0, 0.05) is 11.8 Å². The molecule has 3 rings (SSSR count). The summed E-state index contributed by atoms with van der Waals surface area (Å²) in [6, 6.07) is 13.9. The summed E-state index contributed by atoms with van der Waals surface area (Å²) in [5, 5.41) is 11.2. The first kappa shape index (κ1) is 12.9. The van der Waals surface area contributed by atoms with Crippen LogP contribution in [0.2, 0.25) is 0 Å². The second-order valence-corrected chi connectivity index (χ2v) is 4.99. The maximum absolute atomic E-state index is 12.9. The number of aryl methyl sites for hydroxylation is 1. The largest absolute Gasteiger partial charge is 0.458 e. The Morgan fingerprint density at radius 2 is 1.90 bits per heavy atom. The molecule has 0 aliphatic rings. The Morgan fingerprint density at radius 1 is 1.15 bits per heavy atom. The van der Waals surface area contributed by atoms with Crippen LogP contribution in [0, 0.1) is 12.7 Å². The molecular formula is C17H15FO2. The zero-order chi connectivity index (χ0) is 14.1. The molecule has 0 saturated heterocycles. The molecule has 1 atom stereocenters. The summed E-state index contributed by atoms with van der Waals surface area (Å²) < 4.78 is 18.6. The van der Waals surface area contributed by atoms with Gasteiger partial charge in [0.15, 0.2) is 0 Å². The summed E-state index contributed by atoms with van der Waals surface area (Å²) in [5.41, 5.74) is 2.72. The van der Waals surface area contributed by atoms with Crippen LogP contribution < -0.4 is 0 Å². The molecule has 1 unspecified atom stereocenters. The number of furan rings is 1. The van der Waals surface area contributed by atoms with Gasteiger partial charge in [0.25, 0.3) is 0 Å². The van der Waals surface area contributed by atoms with Gasteiger partial charge in [-0.2, -0.15) is 0 Å². The highest BCUT2D eigenvalue weighted by atomic mass is 19.1. The lowest BCUT2D eigenvalue weighted by molar-refractivity contribution is 0.152. The molecule has 1 aromatic heterocycles. The first-order chi connectivity index (χ1) is 9.63. The third kappa shape index (κ3) is 2.45. The van der Waals surface area contributed by atoms with Crippen molar-refractivity contribution in [3.63, 3.8) is 0 Å². The maximum atomic E-state index is 12.9. The van der Waals surface area contributed by atoms with Crippen molar-refractivity contribution in [2.75, 3.05) is 0 Å². The Hall–Kier alpha value is -2.13. The van der Waals surface area contributed by atoms with Gasteiger partial charge in [-0.05, 0) is 36.2 Å². The third-order valence-electron chi connectivity index (χ3n) is 3.43. The number of aliphatic hydroxyl groups excluding tert-OH is 1. The van der Waals surface area contributed by atoms with E-state index in [1.165, 1.54) is 12.1 Å². The van der Waals surface area contributed by atoms with Crippen molar-refractivity contribution in [1.82, 2.24) is 0 Å². The van der Waals surface area contributed by atoms with Crippen molar-refractivity contribution >= 4 is 11.0 Å². The first-order valence-electron chi connectivity index (χ1n) is 6.55. The quantitative estimate of drug-likeness (QED) is 0.775. The molecule has 0 spiro atoms. The highest BCUT2D eigenvalue weighted by Crippen LogP contribution is 2.28. The van der Waals surface area contributed by atoms with E-state index in [-0.39, 0.29) is 5.82 Å². The van der Waals surface area contributed by atoms with Gasteiger partial charge < -0.3 is 9.52 Å². The van der Waals surface area contributed by atoms with E-state index < -0.39 is 6.10 Å². The van der Waals surface area contributed by atoms with Gasteiger partial charge in [-0.1, -0.05) is 30.3 Å². The number of para-hydroxylation sites is 1. The molecule has 0 fully saturated rings. The van der Waals surface area contributed by atoms with E-state index in [0.29, 0.717) is 12.2 Å². The van der Waals surface area contributed by atoms with Gasteiger partial charge in [0.1, 0.15) is 23.3 Å². The van der Waals surface area contributed by atoms with E-state index in [2.05, 4.69) is 0 Å². The van der Waals surface area contributed by atoms with Gasteiger partial charge in [-0.3, -0.25) is 0 Å². The van der Waals surface area contributed by atoms with Crippen molar-refractivity contribution in [2.45, 2.75) is 19.4 Å². The van der Waals surface area contributed by atoms with Crippen LogP contribution >= 0.6 is 0 Å².